The van der Waals surface area contributed by atoms with Gasteiger partial charge < -0.3 is 9.13 Å². The number of thiophene rings is 1. The van der Waals surface area contributed by atoms with Gasteiger partial charge in [-0.3, -0.25) is 4.98 Å². The highest BCUT2D eigenvalue weighted by atomic mass is 32.1. The van der Waals surface area contributed by atoms with Gasteiger partial charge in [0.15, 0.2) is 0 Å². The third kappa shape index (κ3) is 4.44. The molecule has 4 aromatic heterocycles. The van der Waals surface area contributed by atoms with Gasteiger partial charge in [0.1, 0.15) is 6.07 Å². The molecule has 0 bridgehead atoms. The number of para-hydroxylation sites is 1. The molecule has 0 unspecified atom stereocenters. The Morgan fingerprint density at radius 1 is 0.508 bits per heavy atom. The van der Waals surface area contributed by atoms with Gasteiger partial charge in [0.05, 0.1) is 55.8 Å². The third-order valence-corrected chi connectivity index (χ3v) is 13.8. The van der Waals surface area contributed by atoms with E-state index in [2.05, 4.69) is 135 Å². The molecule has 0 radical (unpaired) electrons. The minimum atomic E-state index is 0.419. The van der Waals surface area contributed by atoms with Crippen LogP contribution in [0.2, 0.25) is 0 Å². The number of hydrogen-bond donors (Lipinski definition) is 0. The summed E-state index contributed by atoms with van der Waals surface area (Å²) in [4.78, 5) is 9.43. The number of aromatic nitrogens is 3. The van der Waals surface area contributed by atoms with Gasteiger partial charge in [-0.25, -0.2) is 4.85 Å². The van der Waals surface area contributed by atoms with E-state index in [1.54, 1.807) is 11.3 Å². The van der Waals surface area contributed by atoms with Gasteiger partial charge >= 0.3 is 0 Å². The molecular weight excluding hydrogens is 763 g/mol. The number of fused-ring (bicyclic) bond motifs is 10. The lowest BCUT2D eigenvalue weighted by Crippen LogP contribution is -2.08. The average molecular weight is 792 g/mol. The number of rotatable bonds is 4. The fourth-order valence-electron chi connectivity index (χ4n) is 10.2. The average Bonchev–Trinajstić information content (AvgIpc) is 3.99. The van der Waals surface area contributed by atoms with Crippen LogP contribution < -0.4 is 0 Å². The molecule has 0 atom stereocenters. The highest BCUT2D eigenvalue weighted by molar-refractivity contribution is 7.26. The van der Waals surface area contributed by atoms with Crippen molar-refractivity contribution in [3.8, 4) is 39.7 Å². The first-order valence-electron chi connectivity index (χ1n) is 20.2. The van der Waals surface area contributed by atoms with Crippen molar-refractivity contribution in [2.75, 3.05) is 0 Å². The Kier molecular flexibility index (Phi) is 6.96. The molecule has 13 rings (SSSR count). The third-order valence-electron chi connectivity index (χ3n) is 12.6. The van der Waals surface area contributed by atoms with E-state index in [1.165, 1.54) is 15.5 Å². The zero-order valence-corrected chi connectivity index (χ0v) is 33.2. The molecule has 0 aliphatic rings. The lowest BCUT2D eigenvalue weighted by Gasteiger charge is -2.25. The van der Waals surface area contributed by atoms with Crippen LogP contribution in [0.25, 0.3) is 124 Å². The van der Waals surface area contributed by atoms with E-state index in [4.69, 9.17) is 4.98 Å². The van der Waals surface area contributed by atoms with Gasteiger partial charge in [-0.1, -0.05) is 140 Å². The lowest BCUT2D eigenvalue weighted by atomic mass is 9.88. The van der Waals surface area contributed by atoms with Crippen LogP contribution >= 0.6 is 11.3 Å². The van der Waals surface area contributed by atoms with Crippen LogP contribution in [0.15, 0.2) is 176 Å². The van der Waals surface area contributed by atoms with Crippen LogP contribution in [-0.4, -0.2) is 14.1 Å². The Labute approximate surface area is 353 Å². The van der Waals surface area contributed by atoms with Crippen molar-refractivity contribution in [3.63, 3.8) is 0 Å². The fraction of sp³-hybridized carbons (Fsp3) is 0. The predicted molar refractivity (Wildman–Crippen MR) is 254 cm³/mol. The molecule has 0 amide bonds. The monoisotopic (exact) mass is 791 g/mol. The molecule has 0 N–H and O–H groups in total. The molecule has 0 fully saturated rings. The van der Waals surface area contributed by atoms with E-state index >= 15 is 0 Å². The molecule has 9 aromatic carbocycles. The van der Waals surface area contributed by atoms with Crippen LogP contribution in [0.3, 0.4) is 0 Å². The molecule has 0 aliphatic carbocycles. The summed E-state index contributed by atoms with van der Waals surface area (Å²) in [6.45, 7) is 9.19. The minimum Gasteiger partial charge on any atom is -0.318 e. The van der Waals surface area contributed by atoms with Crippen LogP contribution in [0.5, 0.6) is 0 Å². The van der Waals surface area contributed by atoms with Crippen molar-refractivity contribution >= 4 is 102 Å². The summed E-state index contributed by atoms with van der Waals surface area (Å²) < 4.78 is 7.00. The zero-order valence-electron chi connectivity index (χ0n) is 32.4. The fourth-order valence-corrected chi connectivity index (χ4v) is 11.4. The zero-order chi connectivity index (χ0) is 40.3. The Hall–Kier alpha value is -8.29. The first kappa shape index (κ1) is 33.7. The quantitative estimate of drug-likeness (QED) is 0.132. The van der Waals surface area contributed by atoms with Crippen molar-refractivity contribution in [2.45, 2.75) is 0 Å². The van der Waals surface area contributed by atoms with Gasteiger partial charge in [0, 0.05) is 65.1 Å². The first-order chi connectivity index (χ1) is 30.2. The lowest BCUT2D eigenvalue weighted by molar-refractivity contribution is 1.14. The second-order valence-electron chi connectivity index (χ2n) is 15.6. The normalized spacial score (nSPS) is 11.9. The molecule has 0 saturated carbocycles. The summed E-state index contributed by atoms with van der Waals surface area (Å²) in [5, 5.41) is 21.9. The maximum absolute atomic E-state index is 11.8. The van der Waals surface area contributed by atoms with Crippen molar-refractivity contribution in [2.24, 2.45) is 0 Å². The first-order valence-corrected chi connectivity index (χ1v) is 21.0. The number of hydrogen-bond acceptors (Lipinski definition) is 3. The summed E-state index contributed by atoms with van der Waals surface area (Å²) in [6.07, 6.45) is 1.86. The summed E-state index contributed by atoms with van der Waals surface area (Å²) in [7, 11) is 0. The molecule has 0 aliphatic heterocycles. The van der Waals surface area contributed by atoms with Crippen molar-refractivity contribution < 1.29 is 0 Å². The van der Waals surface area contributed by atoms with E-state index in [0.29, 0.717) is 16.8 Å². The van der Waals surface area contributed by atoms with E-state index in [9.17, 15) is 11.8 Å². The van der Waals surface area contributed by atoms with Crippen molar-refractivity contribution in [1.82, 2.24) is 14.1 Å². The Morgan fingerprint density at radius 2 is 1.11 bits per heavy atom. The van der Waals surface area contributed by atoms with Gasteiger partial charge in [-0.2, -0.15) is 5.26 Å². The second kappa shape index (κ2) is 12.6. The van der Waals surface area contributed by atoms with Crippen molar-refractivity contribution in [1.29, 1.82) is 5.26 Å². The van der Waals surface area contributed by atoms with Crippen LogP contribution in [0.4, 0.5) is 5.69 Å². The van der Waals surface area contributed by atoms with Gasteiger partial charge in [0.25, 0.3) is 0 Å². The number of pyridine rings is 1. The maximum atomic E-state index is 11.8. The molecule has 0 saturated heterocycles. The smallest absolute Gasteiger partial charge is 0.220 e. The minimum absolute atomic E-state index is 0.419. The Morgan fingerprint density at radius 3 is 1.87 bits per heavy atom. The highest BCUT2D eigenvalue weighted by Gasteiger charge is 2.32. The summed E-state index contributed by atoms with van der Waals surface area (Å²) >= 11 is 1.79. The largest absolute Gasteiger partial charge is 0.318 e. The molecule has 6 heteroatoms. The van der Waals surface area contributed by atoms with Crippen LogP contribution in [-0.2, 0) is 0 Å². The van der Waals surface area contributed by atoms with Crippen LogP contribution in [0.1, 0.15) is 5.56 Å². The number of nitriles is 1. The Bertz CT molecular complexity index is 3980. The SMILES string of the molecule is [C-]#[N+]c1c(-c2ccccc2)c(C#N)c(-n2c3ccccc3c3ccc4c5ccccc5sc4c32)c(-c2ccccc2)c1-n1c2cccc3c4cccnc4c4cccc1c4c32. The van der Waals surface area contributed by atoms with Crippen LogP contribution in [0, 0.1) is 17.9 Å². The molecule has 4 heterocycles. The number of nitrogens with zero attached hydrogens (tertiary/aromatic N) is 5. The molecule has 280 valence electrons. The van der Waals surface area contributed by atoms with E-state index < -0.39 is 0 Å². The molecule has 61 heavy (non-hydrogen) atoms. The van der Waals surface area contributed by atoms with Gasteiger partial charge in [-0.05, 0) is 46.8 Å². The van der Waals surface area contributed by atoms with E-state index in [0.717, 1.165) is 98.1 Å². The maximum Gasteiger partial charge on any atom is 0.220 e. The highest BCUT2D eigenvalue weighted by Crippen LogP contribution is 2.54. The summed E-state index contributed by atoms with van der Waals surface area (Å²) in [5.74, 6) is 0. The predicted octanol–water partition coefficient (Wildman–Crippen LogP) is 15.1. The molecular formula is C55H29N5S. The summed E-state index contributed by atoms with van der Waals surface area (Å²) in [6, 6.07) is 61.8. The standard InChI is InChI=1S/C55H29N5S/c1-57-51-46(32-15-4-2-5-16-32)41(31-56)52(60-42-24-10-8-19-34(42)38-28-29-39-35-20-9-11-27-45(35)61-55(39)53(38)60)47(33-17-6-3-7-18-33)54(51)59-43-25-12-21-36-37-23-14-30-58-50(37)40-22-13-26-44(59)49(40)48(36)43/h2-30H. The Balaban J connectivity index is 1.34. The topological polar surface area (TPSA) is 50.9 Å². The molecule has 13 aromatic rings. The second-order valence-corrected chi connectivity index (χ2v) is 16.6. The van der Waals surface area contributed by atoms with Crippen molar-refractivity contribution in [3.05, 3.63) is 193 Å². The van der Waals surface area contributed by atoms with Gasteiger partial charge in [-0.15, -0.1) is 11.3 Å². The van der Waals surface area contributed by atoms with E-state index in [1.807, 2.05) is 60.8 Å². The number of benzene rings is 9. The molecule has 0 spiro atoms. The summed E-state index contributed by atoms with van der Waals surface area (Å²) in [5.41, 5.74) is 10.4. The molecule has 5 nitrogen and oxygen atoms in total. The van der Waals surface area contributed by atoms with Gasteiger partial charge in [0.2, 0.25) is 5.69 Å². The van der Waals surface area contributed by atoms with E-state index in [-0.39, 0.29) is 0 Å².